The van der Waals surface area contributed by atoms with E-state index in [-0.39, 0.29) is 0 Å². The largest absolute Gasteiger partial charge is 0.336 e. The first-order valence-corrected chi connectivity index (χ1v) is 9.33. The maximum Gasteiger partial charge on any atom is 0.0506 e. The van der Waals surface area contributed by atoms with Crippen molar-refractivity contribution in [3.05, 3.63) is 87.3 Å². The quantitative estimate of drug-likeness (QED) is 0.322. The van der Waals surface area contributed by atoms with Gasteiger partial charge in [0.05, 0.1) is 5.52 Å². The average Bonchev–Trinajstić information content (AvgIpc) is 2.89. The van der Waals surface area contributed by atoms with Crippen LogP contribution in [0.2, 0.25) is 0 Å². The normalized spacial score (nSPS) is 11.2. The van der Waals surface area contributed by atoms with Crippen molar-refractivity contribution in [1.29, 1.82) is 0 Å². The molecule has 1 aromatic heterocycles. The SMILES string of the molecule is C=Cc1cccc(Cn2c3ccc(Br)cc3c3c(Br)cccc32)c1. The molecule has 0 amide bonds. The molecule has 0 fully saturated rings. The molecular formula is C21H15Br2N. The highest BCUT2D eigenvalue weighted by Gasteiger charge is 2.13. The Kier molecular flexibility index (Phi) is 4.07. The summed E-state index contributed by atoms with van der Waals surface area (Å²) in [5.41, 5.74) is 4.90. The minimum atomic E-state index is 0.833. The smallest absolute Gasteiger partial charge is 0.0506 e. The van der Waals surface area contributed by atoms with Gasteiger partial charge in [0.25, 0.3) is 0 Å². The molecule has 0 aliphatic heterocycles. The first-order chi connectivity index (χ1) is 11.7. The summed E-state index contributed by atoms with van der Waals surface area (Å²) < 4.78 is 4.60. The maximum atomic E-state index is 3.87. The molecule has 0 unspecified atom stereocenters. The Bertz CT molecular complexity index is 1080. The fourth-order valence-corrected chi connectivity index (χ4v) is 4.18. The Morgan fingerprint density at radius 3 is 2.58 bits per heavy atom. The fraction of sp³-hybridized carbons (Fsp3) is 0.0476. The molecule has 0 bridgehead atoms. The van der Waals surface area contributed by atoms with E-state index in [2.05, 4.69) is 104 Å². The third kappa shape index (κ3) is 2.62. The summed E-state index contributed by atoms with van der Waals surface area (Å²) in [5.74, 6) is 0. The number of aromatic nitrogens is 1. The van der Waals surface area contributed by atoms with Gasteiger partial charge in [0.2, 0.25) is 0 Å². The Morgan fingerprint density at radius 2 is 1.75 bits per heavy atom. The lowest BCUT2D eigenvalue weighted by molar-refractivity contribution is 0.868. The van der Waals surface area contributed by atoms with E-state index in [0.717, 1.165) is 21.1 Å². The van der Waals surface area contributed by atoms with E-state index < -0.39 is 0 Å². The van der Waals surface area contributed by atoms with Crippen molar-refractivity contribution in [3.8, 4) is 0 Å². The lowest BCUT2D eigenvalue weighted by atomic mass is 10.1. The van der Waals surface area contributed by atoms with Crippen LogP contribution in [-0.4, -0.2) is 4.57 Å². The van der Waals surface area contributed by atoms with Gasteiger partial charge in [-0.25, -0.2) is 0 Å². The van der Waals surface area contributed by atoms with Crippen molar-refractivity contribution >= 4 is 59.7 Å². The molecule has 0 radical (unpaired) electrons. The number of hydrogen-bond acceptors (Lipinski definition) is 0. The van der Waals surface area contributed by atoms with E-state index in [1.807, 2.05) is 6.08 Å². The van der Waals surface area contributed by atoms with Crippen LogP contribution in [0.5, 0.6) is 0 Å². The van der Waals surface area contributed by atoms with Gasteiger partial charge in [0.15, 0.2) is 0 Å². The first kappa shape index (κ1) is 15.7. The van der Waals surface area contributed by atoms with Crippen LogP contribution >= 0.6 is 31.9 Å². The number of halogens is 2. The Balaban J connectivity index is 1.99. The van der Waals surface area contributed by atoms with E-state index >= 15 is 0 Å². The lowest BCUT2D eigenvalue weighted by Crippen LogP contribution is -1.99. The Morgan fingerprint density at radius 1 is 0.917 bits per heavy atom. The predicted octanol–water partition coefficient (Wildman–Crippen LogP) is 7.01. The molecule has 118 valence electrons. The van der Waals surface area contributed by atoms with Gasteiger partial charge < -0.3 is 4.57 Å². The van der Waals surface area contributed by atoms with Crippen LogP contribution in [-0.2, 0) is 6.54 Å². The Labute approximate surface area is 157 Å². The summed E-state index contributed by atoms with van der Waals surface area (Å²) in [5, 5.41) is 2.51. The summed E-state index contributed by atoms with van der Waals surface area (Å²) in [6, 6.07) is 21.4. The van der Waals surface area contributed by atoms with Crippen LogP contribution < -0.4 is 0 Å². The van der Waals surface area contributed by atoms with Gasteiger partial charge in [-0.05, 0) is 47.5 Å². The van der Waals surface area contributed by atoms with Crippen LogP contribution in [0.3, 0.4) is 0 Å². The molecule has 3 heteroatoms. The minimum absolute atomic E-state index is 0.833. The molecule has 0 aliphatic rings. The highest BCUT2D eigenvalue weighted by atomic mass is 79.9. The van der Waals surface area contributed by atoms with Gasteiger partial charge in [0.1, 0.15) is 0 Å². The highest BCUT2D eigenvalue weighted by Crippen LogP contribution is 2.36. The molecule has 0 spiro atoms. The summed E-state index contributed by atoms with van der Waals surface area (Å²) in [6.07, 6.45) is 1.89. The zero-order chi connectivity index (χ0) is 16.7. The second kappa shape index (κ2) is 6.23. The number of benzene rings is 3. The van der Waals surface area contributed by atoms with Crippen molar-refractivity contribution in [2.45, 2.75) is 6.54 Å². The van der Waals surface area contributed by atoms with E-state index in [1.54, 1.807) is 0 Å². The number of hydrogen-bond donors (Lipinski definition) is 0. The second-order valence-corrected chi connectivity index (χ2v) is 7.60. The molecule has 0 atom stereocenters. The van der Waals surface area contributed by atoms with E-state index in [9.17, 15) is 0 Å². The third-order valence-corrected chi connectivity index (χ3v) is 5.48. The van der Waals surface area contributed by atoms with Gasteiger partial charge in [-0.2, -0.15) is 0 Å². The van der Waals surface area contributed by atoms with Crippen molar-refractivity contribution < 1.29 is 0 Å². The molecule has 0 saturated carbocycles. The van der Waals surface area contributed by atoms with Gasteiger partial charge >= 0.3 is 0 Å². The fourth-order valence-electron chi connectivity index (χ4n) is 3.25. The molecule has 4 aromatic rings. The van der Waals surface area contributed by atoms with Crippen LogP contribution in [0.4, 0.5) is 0 Å². The van der Waals surface area contributed by atoms with Crippen molar-refractivity contribution in [2.75, 3.05) is 0 Å². The summed E-state index contributed by atoms with van der Waals surface area (Å²) in [4.78, 5) is 0. The van der Waals surface area contributed by atoms with E-state index in [4.69, 9.17) is 0 Å². The van der Waals surface area contributed by atoms with Crippen LogP contribution in [0, 0.1) is 0 Å². The molecule has 3 aromatic carbocycles. The van der Waals surface area contributed by atoms with Crippen molar-refractivity contribution in [2.24, 2.45) is 0 Å². The number of rotatable bonds is 3. The third-order valence-electron chi connectivity index (χ3n) is 4.33. The second-order valence-electron chi connectivity index (χ2n) is 5.83. The van der Waals surface area contributed by atoms with Crippen LogP contribution in [0.25, 0.3) is 27.9 Å². The molecule has 24 heavy (non-hydrogen) atoms. The zero-order valence-electron chi connectivity index (χ0n) is 13.0. The molecule has 1 heterocycles. The van der Waals surface area contributed by atoms with Gasteiger partial charge in [-0.15, -0.1) is 0 Å². The topological polar surface area (TPSA) is 4.93 Å². The van der Waals surface area contributed by atoms with Gasteiger partial charge in [0, 0.05) is 31.8 Å². The monoisotopic (exact) mass is 439 g/mol. The van der Waals surface area contributed by atoms with E-state index in [0.29, 0.717) is 0 Å². The zero-order valence-corrected chi connectivity index (χ0v) is 16.1. The Hall–Kier alpha value is -1.84. The summed E-state index contributed by atoms with van der Waals surface area (Å²) in [7, 11) is 0. The average molecular weight is 441 g/mol. The lowest BCUT2D eigenvalue weighted by Gasteiger charge is -2.09. The molecule has 4 rings (SSSR count). The minimum Gasteiger partial charge on any atom is -0.336 e. The molecule has 1 nitrogen and oxygen atoms in total. The molecular weight excluding hydrogens is 426 g/mol. The van der Waals surface area contributed by atoms with Gasteiger partial charge in [-0.3, -0.25) is 0 Å². The molecule has 0 N–H and O–H groups in total. The standard InChI is InChI=1S/C21H15Br2N/c1-2-14-5-3-6-15(11-14)13-24-19-10-9-16(22)12-17(19)21-18(23)7-4-8-20(21)24/h2-12H,1,13H2. The van der Waals surface area contributed by atoms with Gasteiger partial charge in [-0.1, -0.05) is 68.8 Å². The summed E-state index contributed by atoms with van der Waals surface area (Å²) >= 11 is 7.32. The molecule has 0 saturated heterocycles. The van der Waals surface area contributed by atoms with Crippen molar-refractivity contribution in [1.82, 2.24) is 4.57 Å². The van der Waals surface area contributed by atoms with E-state index in [1.165, 1.54) is 27.4 Å². The number of fused-ring (bicyclic) bond motifs is 3. The van der Waals surface area contributed by atoms with Crippen LogP contribution in [0.1, 0.15) is 11.1 Å². The molecule has 0 aliphatic carbocycles. The first-order valence-electron chi connectivity index (χ1n) is 7.75. The predicted molar refractivity (Wildman–Crippen MR) is 110 cm³/mol. The number of nitrogens with zero attached hydrogens (tertiary/aromatic N) is 1. The van der Waals surface area contributed by atoms with Crippen LogP contribution in [0.15, 0.2) is 76.2 Å². The maximum absolute atomic E-state index is 3.87. The highest BCUT2D eigenvalue weighted by molar-refractivity contribution is 9.11. The summed E-state index contributed by atoms with van der Waals surface area (Å²) in [6.45, 7) is 4.71. The van der Waals surface area contributed by atoms with Crippen molar-refractivity contribution in [3.63, 3.8) is 0 Å².